The Morgan fingerprint density at radius 3 is 2.95 bits per heavy atom. The quantitative estimate of drug-likeness (QED) is 0.672. The third-order valence-electron chi connectivity index (χ3n) is 3.29. The molecule has 0 bridgehead atoms. The van der Waals surface area contributed by atoms with Gasteiger partial charge in [0.05, 0.1) is 5.69 Å². The van der Waals surface area contributed by atoms with Crippen LogP contribution in [0.3, 0.4) is 0 Å². The minimum Gasteiger partial charge on any atom is -0.361 e. The Labute approximate surface area is 115 Å². The number of hydrogen-bond acceptors (Lipinski definition) is 3. The van der Waals surface area contributed by atoms with Gasteiger partial charge in [-0.3, -0.25) is 4.79 Å². The van der Waals surface area contributed by atoms with E-state index in [2.05, 4.69) is 31.8 Å². The van der Waals surface area contributed by atoms with E-state index in [9.17, 15) is 4.79 Å². The second-order valence-electron chi connectivity index (χ2n) is 4.62. The highest BCUT2D eigenvalue weighted by atomic mass is 16.2. The highest BCUT2D eigenvalue weighted by molar-refractivity contribution is 5.93. The van der Waals surface area contributed by atoms with Crippen LogP contribution < -0.4 is 5.32 Å². The van der Waals surface area contributed by atoms with Gasteiger partial charge in [-0.2, -0.15) is 15.4 Å². The fraction of sp³-hybridized carbons (Fsp3) is 0.214. The van der Waals surface area contributed by atoms with Crippen molar-refractivity contribution in [3.63, 3.8) is 0 Å². The van der Waals surface area contributed by atoms with E-state index in [0.29, 0.717) is 17.9 Å². The predicted octanol–water partition coefficient (Wildman–Crippen LogP) is 1.57. The average Bonchev–Trinajstić information content (AvgIpc) is 3.05. The highest BCUT2D eigenvalue weighted by Gasteiger charge is 2.12. The molecule has 0 radical (unpaired) electrons. The summed E-state index contributed by atoms with van der Waals surface area (Å²) >= 11 is 0. The van der Waals surface area contributed by atoms with Crippen LogP contribution >= 0.6 is 0 Å². The van der Waals surface area contributed by atoms with Crippen molar-refractivity contribution in [2.75, 3.05) is 6.54 Å². The van der Waals surface area contributed by atoms with Gasteiger partial charge in [0.2, 0.25) is 0 Å². The second-order valence-corrected chi connectivity index (χ2v) is 4.62. The van der Waals surface area contributed by atoms with Gasteiger partial charge in [-0.25, -0.2) is 0 Å². The summed E-state index contributed by atoms with van der Waals surface area (Å²) < 4.78 is 0. The van der Waals surface area contributed by atoms with Crippen LogP contribution in [0.1, 0.15) is 21.7 Å². The Morgan fingerprint density at radius 2 is 2.15 bits per heavy atom. The van der Waals surface area contributed by atoms with Gasteiger partial charge in [-0.05, 0) is 25.0 Å². The molecule has 0 aliphatic rings. The molecule has 2 heterocycles. The summed E-state index contributed by atoms with van der Waals surface area (Å²) in [5, 5.41) is 14.2. The van der Waals surface area contributed by atoms with Crippen LogP contribution in [-0.2, 0) is 6.42 Å². The van der Waals surface area contributed by atoms with Crippen molar-refractivity contribution in [3.05, 3.63) is 47.4 Å². The molecule has 2 aromatic heterocycles. The molecule has 3 N–H and O–H groups in total. The van der Waals surface area contributed by atoms with Crippen LogP contribution in [0.25, 0.3) is 10.9 Å². The number of aromatic amines is 2. The van der Waals surface area contributed by atoms with Crippen LogP contribution in [0.5, 0.6) is 0 Å². The molecule has 6 nitrogen and oxygen atoms in total. The molecule has 102 valence electrons. The van der Waals surface area contributed by atoms with Crippen LogP contribution in [0, 0.1) is 6.92 Å². The molecule has 1 amide bonds. The smallest absolute Gasteiger partial charge is 0.273 e. The maximum atomic E-state index is 11.9. The first-order valence-corrected chi connectivity index (χ1v) is 6.46. The molecule has 0 fully saturated rings. The molecular formula is C14H15N5O. The summed E-state index contributed by atoms with van der Waals surface area (Å²) in [6, 6.07) is 8.12. The van der Waals surface area contributed by atoms with Crippen molar-refractivity contribution in [2.24, 2.45) is 0 Å². The number of amides is 1. The lowest BCUT2D eigenvalue weighted by atomic mass is 10.1. The molecule has 0 unspecified atom stereocenters. The SMILES string of the molecule is Cc1n[nH]nc1C(=O)NCCc1c[nH]c2ccccc12. The number of carbonyl (C=O) groups excluding carboxylic acids is 1. The third-order valence-corrected chi connectivity index (χ3v) is 3.29. The number of aromatic nitrogens is 4. The molecule has 20 heavy (non-hydrogen) atoms. The van der Waals surface area contributed by atoms with Gasteiger partial charge in [-0.15, -0.1) is 0 Å². The predicted molar refractivity (Wildman–Crippen MR) is 75.5 cm³/mol. The summed E-state index contributed by atoms with van der Waals surface area (Å²) in [6.07, 6.45) is 2.75. The lowest BCUT2D eigenvalue weighted by Crippen LogP contribution is -2.26. The fourth-order valence-corrected chi connectivity index (χ4v) is 2.23. The largest absolute Gasteiger partial charge is 0.361 e. The number of rotatable bonds is 4. The first kappa shape index (κ1) is 12.4. The van der Waals surface area contributed by atoms with Crippen molar-refractivity contribution in [2.45, 2.75) is 13.3 Å². The maximum Gasteiger partial charge on any atom is 0.273 e. The lowest BCUT2D eigenvalue weighted by Gasteiger charge is -2.03. The molecule has 1 aromatic carbocycles. The van der Waals surface area contributed by atoms with Gasteiger partial charge in [0.1, 0.15) is 0 Å². The van der Waals surface area contributed by atoms with Gasteiger partial charge < -0.3 is 10.3 Å². The van der Waals surface area contributed by atoms with E-state index in [-0.39, 0.29) is 5.91 Å². The van der Waals surface area contributed by atoms with E-state index in [1.165, 1.54) is 10.9 Å². The van der Waals surface area contributed by atoms with Crippen molar-refractivity contribution >= 4 is 16.8 Å². The van der Waals surface area contributed by atoms with Gasteiger partial charge in [0, 0.05) is 23.6 Å². The van der Waals surface area contributed by atoms with E-state index >= 15 is 0 Å². The average molecular weight is 269 g/mol. The number of para-hydroxylation sites is 1. The van der Waals surface area contributed by atoms with Crippen LogP contribution in [0.2, 0.25) is 0 Å². The first-order valence-electron chi connectivity index (χ1n) is 6.46. The number of fused-ring (bicyclic) bond motifs is 1. The van der Waals surface area contributed by atoms with Crippen LogP contribution in [0.4, 0.5) is 0 Å². The number of nitrogens with one attached hydrogen (secondary N) is 3. The van der Waals surface area contributed by atoms with Crippen molar-refractivity contribution in [3.8, 4) is 0 Å². The van der Waals surface area contributed by atoms with Crippen LogP contribution in [0.15, 0.2) is 30.5 Å². The Balaban J connectivity index is 1.63. The molecular weight excluding hydrogens is 254 g/mol. The van der Waals surface area contributed by atoms with E-state index in [1.54, 1.807) is 6.92 Å². The van der Waals surface area contributed by atoms with E-state index < -0.39 is 0 Å². The summed E-state index contributed by atoms with van der Waals surface area (Å²) in [5.74, 6) is -0.198. The topological polar surface area (TPSA) is 86.5 Å². The normalized spacial score (nSPS) is 10.8. The number of carbonyl (C=O) groups is 1. The van der Waals surface area contributed by atoms with Gasteiger partial charge in [0.15, 0.2) is 5.69 Å². The number of benzene rings is 1. The Morgan fingerprint density at radius 1 is 1.30 bits per heavy atom. The lowest BCUT2D eigenvalue weighted by molar-refractivity contribution is 0.0948. The Hall–Kier alpha value is -2.63. The monoisotopic (exact) mass is 269 g/mol. The molecule has 3 aromatic rings. The van der Waals surface area contributed by atoms with Crippen molar-refractivity contribution in [1.82, 2.24) is 25.7 Å². The molecule has 0 aliphatic heterocycles. The van der Waals surface area contributed by atoms with Crippen molar-refractivity contribution in [1.29, 1.82) is 0 Å². The molecule has 0 atom stereocenters. The number of nitrogens with zero attached hydrogens (tertiary/aromatic N) is 2. The zero-order valence-electron chi connectivity index (χ0n) is 11.1. The standard InChI is InChI=1S/C14H15N5O/c1-9-13(18-19-17-9)14(20)15-7-6-10-8-16-12-5-3-2-4-11(10)12/h2-5,8,16H,6-7H2,1H3,(H,15,20)(H,17,18,19). The van der Waals surface area contributed by atoms with E-state index in [0.717, 1.165) is 11.9 Å². The summed E-state index contributed by atoms with van der Waals surface area (Å²) in [5.41, 5.74) is 3.26. The van der Waals surface area contributed by atoms with E-state index in [1.807, 2.05) is 24.4 Å². The van der Waals surface area contributed by atoms with Gasteiger partial charge in [-0.1, -0.05) is 18.2 Å². The maximum absolute atomic E-state index is 11.9. The third kappa shape index (κ3) is 2.27. The highest BCUT2D eigenvalue weighted by Crippen LogP contribution is 2.17. The van der Waals surface area contributed by atoms with E-state index in [4.69, 9.17) is 0 Å². The molecule has 0 spiro atoms. The molecule has 3 rings (SSSR count). The number of hydrogen-bond donors (Lipinski definition) is 3. The first-order chi connectivity index (χ1) is 9.75. The fourth-order valence-electron chi connectivity index (χ4n) is 2.23. The number of aryl methyl sites for hydroxylation is 1. The minimum absolute atomic E-state index is 0.198. The summed E-state index contributed by atoms with van der Waals surface area (Å²) in [7, 11) is 0. The van der Waals surface area contributed by atoms with Crippen molar-refractivity contribution < 1.29 is 4.79 Å². The molecule has 6 heteroatoms. The Kier molecular flexibility index (Phi) is 3.20. The zero-order chi connectivity index (χ0) is 13.9. The minimum atomic E-state index is -0.198. The molecule has 0 saturated carbocycles. The van der Waals surface area contributed by atoms with Crippen LogP contribution in [-0.4, -0.2) is 32.8 Å². The molecule has 0 aliphatic carbocycles. The van der Waals surface area contributed by atoms with Gasteiger partial charge in [0.25, 0.3) is 5.91 Å². The van der Waals surface area contributed by atoms with Gasteiger partial charge >= 0.3 is 0 Å². The Bertz CT molecular complexity index is 743. The zero-order valence-corrected chi connectivity index (χ0v) is 11.1. The molecule has 0 saturated heterocycles. The number of H-pyrrole nitrogens is 2. The summed E-state index contributed by atoms with van der Waals surface area (Å²) in [4.78, 5) is 15.1. The summed E-state index contributed by atoms with van der Waals surface area (Å²) in [6.45, 7) is 2.31. The second kappa shape index (κ2) is 5.16.